The molecule has 0 saturated carbocycles. The van der Waals surface area contributed by atoms with Gasteiger partial charge in [0.25, 0.3) is 0 Å². The minimum atomic E-state index is -4.62. The number of halogens is 4. The van der Waals surface area contributed by atoms with E-state index in [1.165, 1.54) is 12.1 Å². The van der Waals surface area contributed by atoms with Crippen LogP contribution in [0.5, 0.6) is 0 Å². The molecule has 0 aliphatic carbocycles. The van der Waals surface area contributed by atoms with Crippen LogP contribution in [0.25, 0.3) is 0 Å². The maximum Gasteiger partial charge on any atom is 0.418 e. The van der Waals surface area contributed by atoms with E-state index in [4.69, 9.17) is 11.6 Å². The standard InChI is InChI=1S/C22H27ClF3N5O/c1-13(2)20-27-14(3)11-19(29-20)31-9-7-30(8-10-31)15(4)21(32)28-18-6-5-16(23)12-17(18)22(24,25)26/h5-6,11-13,15H,7-10H2,1-4H3,(H,28,32)/t15-/m1/s1. The van der Waals surface area contributed by atoms with Crippen molar-refractivity contribution in [1.82, 2.24) is 14.9 Å². The van der Waals surface area contributed by atoms with Crippen LogP contribution in [0.1, 0.15) is 43.8 Å². The van der Waals surface area contributed by atoms with E-state index in [0.717, 1.165) is 23.4 Å². The second-order valence-electron chi connectivity index (χ2n) is 8.26. The van der Waals surface area contributed by atoms with Gasteiger partial charge in [0.1, 0.15) is 11.6 Å². The molecule has 32 heavy (non-hydrogen) atoms. The van der Waals surface area contributed by atoms with Gasteiger partial charge in [0.15, 0.2) is 0 Å². The summed E-state index contributed by atoms with van der Waals surface area (Å²) in [5.74, 6) is 1.37. The maximum absolute atomic E-state index is 13.3. The fourth-order valence-electron chi connectivity index (χ4n) is 3.60. The maximum atomic E-state index is 13.3. The fourth-order valence-corrected chi connectivity index (χ4v) is 3.77. The molecule has 0 spiro atoms. The SMILES string of the molecule is Cc1cc(N2CCN([C@H](C)C(=O)Nc3ccc(Cl)cc3C(F)(F)F)CC2)nc(C(C)C)n1. The zero-order valence-corrected chi connectivity index (χ0v) is 19.3. The third-order valence-corrected chi connectivity index (χ3v) is 5.72. The average molecular weight is 470 g/mol. The Morgan fingerprint density at radius 1 is 1.09 bits per heavy atom. The second kappa shape index (κ2) is 9.62. The van der Waals surface area contributed by atoms with Crippen molar-refractivity contribution in [3.63, 3.8) is 0 Å². The van der Waals surface area contributed by atoms with Crippen molar-refractivity contribution in [1.29, 1.82) is 0 Å². The van der Waals surface area contributed by atoms with Crippen LogP contribution in [0.15, 0.2) is 24.3 Å². The summed E-state index contributed by atoms with van der Waals surface area (Å²) in [4.78, 5) is 25.9. The Balaban J connectivity index is 1.65. The highest BCUT2D eigenvalue weighted by Crippen LogP contribution is 2.36. The van der Waals surface area contributed by atoms with Gasteiger partial charge in [0.2, 0.25) is 5.91 Å². The molecule has 0 unspecified atom stereocenters. The first kappa shape index (κ1) is 24.3. The molecule has 3 rings (SSSR count). The fraction of sp³-hybridized carbons (Fsp3) is 0.500. The van der Waals surface area contributed by atoms with Gasteiger partial charge in [-0.15, -0.1) is 0 Å². The number of rotatable bonds is 5. The van der Waals surface area contributed by atoms with Gasteiger partial charge in [-0.1, -0.05) is 25.4 Å². The summed E-state index contributed by atoms with van der Waals surface area (Å²) in [6, 6.07) is 4.67. The monoisotopic (exact) mass is 469 g/mol. The average Bonchev–Trinajstić information content (AvgIpc) is 2.73. The Kier molecular flexibility index (Phi) is 7.29. The van der Waals surface area contributed by atoms with Crippen molar-refractivity contribution >= 4 is 29.0 Å². The number of piperazine rings is 1. The van der Waals surface area contributed by atoms with Crippen molar-refractivity contribution in [3.8, 4) is 0 Å². The van der Waals surface area contributed by atoms with Crippen LogP contribution in [0, 0.1) is 6.92 Å². The number of amides is 1. The number of alkyl halides is 3. The molecule has 1 aromatic carbocycles. The molecule has 1 N–H and O–H groups in total. The smallest absolute Gasteiger partial charge is 0.354 e. The van der Waals surface area contributed by atoms with Gasteiger partial charge in [-0.25, -0.2) is 9.97 Å². The molecule has 1 aliphatic rings. The van der Waals surface area contributed by atoms with E-state index in [1.54, 1.807) is 6.92 Å². The van der Waals surface area contributed by atoms with Crippen LogP contribution in [-0.4, -0.2) is 53.0 Å². The summed E-state index contributed by atoms with van der Waals surface area (Å²) in [6.07, 6.45) is -4.62. The number of nitrogens with one attached hydrogen (secondary N) is 1. The van der Waals surface area contributed by atoms with Crippen molar-refractivity contribution in [3.05, 3.63) is 46.4 Å². The molecule has 1 amide bonds. The van der Waals surface area contributed by atoms with Crippen LogP contribution in [0.2, 0.25) is 5.02 Å². The zero-order valence-electron chi connectivity index (χ0n) is 18.5. The number of benzene rings is 1. The van der Waals surface area contributed by atoms with E-state index < -0.39 is 23.7 Å². The number of hydrogen-bond acceptors (Lipinski definition) is 5. The first-order chi connectivity index (χ1) is 15.0. The molecule has 0 radical (unpaired) electrons. The first-order valence-corrected chi connectivity index (χ1v) is 10.9. The van der Waals surface area contributed by atoms with E-state index >= 15 is 0 Å². The molecule has 0 bridgehead atoms. The summed E-state index contributed by atoms with van der Waals surface area (Å²) in [5, 5.41) is 2.38. The molecule has 1 fully saturated rings. The number of aromatic nitrogens is 2. The molecular formula is C22H27ClF3N5O. The number of hydrogen-bond donors (Lipinski definition) is 1. The topological polar surface area (TPSA) is 61.4 Å². The molecule has 1 saturated heterocycles. The van der Waals surface area contributed by atoms with Crippen LogP contribution in [0.4, 0.5) is 24.7 Å². The van der Waals surface area contributed by atoms with Crippen LogP contribution < -0.4 is 10.2 Å². The highest BCUT2D eigenvalue weighted by atomic mass is 35.5. The van der Waals surface area contributed by atoms with E-state index in [1.807, 2.05) is 31.7 Å². The van der Waals surface area contributed by atoms with E-state index in [9.17, 15) is 18.0 Å². The lowest BCUT2D eigenvalue weighted by atomic mass is 10.1. The number of aryl methyl sites for hydroxylation is 1. The summed E-state index contributed by atoms with van der Waals surface area (Å²) < 4.78 is 39.9. The Hall–Kier alpha value is -2.39. The summed E-state index contributed by atoms with van der Waals surface area (Å²) in [5.41, 5.74) is -0.358. The Morgan fingerprint density at radius 2 is 1.75 bits per heavy atom. The number of nitrogens with zero attached hydrogens (tertiary/aromatic N) is 4. The quantitative estimate of drug-likeness (QED) is 0.686. The van der Waals surface area contributed by atoms with Crippen LogP contribution in [-0.2, 0) is 11.0 Å². The van der Waals surface area contributed by atoms with Crippen molar-refractivity contribution < 1.29 is 18.0 Å². The van der Waals surface area contributed by atoms with Gasteiger partial charge in [-0.05, 0) is 32.0 Å². The van der Waals surface area contributed by atoms with Gasteiger partial charge >= 0.3 is 6.18 Å². The Bertz CT molecular complexity index is 975. The summed E-state index contributed by atoms with van der Waals surface area (Å²) >= 11 is 5.71. The second-order valence-corrected chi connectivity index (χ2v) is 8.69. The lowest BCUT2D eigenvalue weighted by Gasteiger charge is -2.38. The van der Waals surface area contributed by atoms with Gasteiger partial charge in [-0.3, -0.25) is 9.69 Å². The molecule has 1 atom stereocenters. The molecule has 6 nitrogen and oxygen atoms in total. The van der Waals surface area contributed by atoms with E-state index in [-0.39, 0.29) is 16.6 Å². The summed E-state index contributed by atoms with van der Waals surface area (Å²) in [6.45, 7) is 10.2. The molecule has 1 aromatic heterocycles. The predicted octanol–water partition coefficient (Wildman–Crippen LogP) is 4.73. The van der Waals surface area contributed by atoms with Gasteiger partial charge in [-0.2, -0.15) is 13.2 Å². The minimum Gasteiger partial charge on any atom is -0.354 e. The molecule has 174 valence electrons. The van der Waals surface area contributed by atoms with Gasteiger partial charge < -0.3 is 10.2 Å². The minimum absolute atomic E-state index is 0.0416. The van der Waals surface area contributed by atoms with Crippen LogP contribution in [0.3, 0.4) is 0 Å². The third-order valence-electron chi connectivity index (χ3n) is 5.48. The van der Waals surface area contributed by atoms with E-state index in [0.29, 0.717) is 26.2 Å². The predicted molar refractivity (Wildman–Crippen MR) is 119 cm³/mol. The van der Waals surface area contributed by atoms with Crippen LogP contribution >= 0.6 is 11.6 Å². The first-order valence-electron chi connectivity index (χ1n) is 10.5. The highest BCUT2D eigenvalue weighted by Gasteiger charge is 2.35. The normalized spacial score (nSPS) is 16.3. The Labute approximate surface area is 190 Å². The van der Waals surface area contributed by atoms with E-state index in [2.05, 4.69) is 20.2 Å². The number of anilines is 2. The van der Waals surface area contributed by atoms with Gasteiger partial charge in [0.05, 0.1) is 17.3 Å². The number of carbonyl (C=O) groups is 1. The van der Waals surface area contributed by atoms with Crippen molar-refractivity contribution in [2.45, 2.75) is 45.8 Å². The van der Waals surface area contributed by atoms with Crippen molar-refractivity contribution in [2.24, 2.45) is 0 Å². The molecule has 2 heterocycles. The summed E-state index contributed by atoms with van der Waals surface area (Å²) in [7, 11) is 0. The molecule has 10 heteroatoms. The Morgan fingerprint density at radius 3 is 2.34 bits per heavy atom. The lowest BCUT2D eigenvalue weighted by Crippen LogP contribution is -2.53. The number of carbonyl (C=O) groups excluding carboxylic acids is 1. The lowest BCUT2D eigenvalue weighted by molar-refractivity contribution is -0.137. The molecule has 1 aliphatic heterocycles. The van der Waals surface area contributed by atoms with Gasteiger partial charge in [0, 0.05) is 48.9 Å². The molecular weight excluding hydrogens is 443 g/mol. The highest BCUT2D eigenvalue weighted by molar-refractivity contribution is 6.30. The largest absolute Gasteiger partial charge is 0.418 e. The zero-order chi connectivity index (χ0) is 23.6. The van der Waals surface area contributed by atoms with Crippen molar-refractivity contribution in [2.75, 3.05) is 36.4 Å². The third kappa shape index (κ3) is 5.69. The molecule has 2 aromatic rings.